The average Bonchev–Trinajstić information content (AvgIpc) is 2.37. The minimum Gasteiger partial charge on any atom is -0.347 e. The summed E-state index contributed by atoms with van der Waals surface area (Å²) in [6.07, 6.45) is 0.760. The summed E-state index contributed by atoms with van der Waals surface area (Å²) in [5.41, 5.74) is 2.21. The number of rotatable bonds is 4. The predicted octanol–water partition coefficient (Wildman–Crippen LogP) is 0.206. The molecule has 1 heterocycles. The normalized spacial score (nSPS) is 11.7. The minimum absolute atomic E-state index is 0.123. The fourth-order valence-electron chi connectivity index (χ4n) is 1.51. The van der Waals surface area contributed by atoms with Crippen molar-refractivity contribution in [2.45, 2.75) is 20.4 Å². The fraction of sp³-hybridized carbons (Fsp3) is 0.444. The van der Waals surface area contributed by atoms with Gasteiger partial charge in [-0.1, -0.05) is 0 Å². The molecule has 0 aromatic carbocycles. The Kier molecular flexibility index (Phi) is 3.31. The number of aldehydes is 1. The van der Waals surface area contributed by atoms with E-state index in [0.717, 1.165) is 17.7 Å². The third kappa shape index (κ3) is 2.90. The zero-order chi connectivity index (χ0) is 11.6. The highest BCUT2D eigenvalue weighted by atomic mass is 32.2. The Labute approximate surface area is 88.9 Å². The Morgan fingerprint density at radius 1 is 1.47 bits per heavy atom. The number of carbonyl (C=O) groups excluding carboxylic acids is 1. The third-order valence-electron chi connectivity index (χ3n) is 2.34. The molecule has 0 fully saturated rings. The zero-order valence-electron chi connectivity index (χ0n) is 8.73. The molecule has 6 heteroatoms. The van der Waals surface area contributed by atoms with Gasteiger partial charge < -0.3 is 4.57 Å². The standard InChI is InChI=1S/C9H14N2O3S/c1-7-5-9(6-12)8(2)11(7)3-4-15(10,13)14/h5-6H,3-4H2,1-2H3,(H2,10,13,14). The van der Waals surface area contributed by atoms with Gasteiger partial charge in [-0.3, -0.25) is 4.79 Å². The SMILES string of the molecule is Cc1cc(C=O)c(C)n1CCS(N)(=O)=O. The molecule has 0 aliphatic rings. The van der Waals surface area contributed by atoms with Crippen molar-refractivity contribution in [2.24, 2.45) is 5.14 Å². The van der Waals surface area contributed by atoms with Crippen LogP contribution < -0.4 is 5.14 Å². The van der Waals surface area contributed by atoms with Crippen LogP contribution in [0.4, 0.5) is 0 Å². The van der Waals surface area contributed by atoms with Crippen LogP contribution in [0.25, 0.3) is 0 Å². The first-order valence-electron chi connectivity index (χ1n) is 4.47. The lowest BCUT2D eigenvalue weighted by Gasteiger charge is -2.07. The molecule has 2 N–H and O–H groups in total. The van der Waals surface area contributed by atoms with Crippen LogP contribution in [0, 0.1) is 13.8 Å². The molecule has 0 saturated heterocycles. The molecule has 0 unspecified atom stereocenters. The second-order valence-corrected chi connectivity index (χ2v) is 5.20. The van der Waals surface area contributed by atoms with Gasteiger partial charge in [-0.2, -0.15) is 0 Å². The van der Waals surface area contributed by atoms with Crippen molar-refractivity contribution in [1.29, 1.82) is 0 Å². The number of hydrogen-bond donors (Lipinski definition) is 1. The first-order valence-corrected chi connectivity index (χ1v) is 6.19. The highest BCUT2D eigenvalue weighted by Crippen LogP contribution is 2.12. The number of nitrogens with zero attached hydrogens (tertiary/aromatic N) is 1. The van der Waals surface area contributed by atoms with Gasteiger partial charge in [0, 0.05) is 23.5 Å². The topological polar surface area (TPSA) is 82.2 Å². The number of primary sulfonamides is 1. The highest BCUT2D eigenvalue weighted by molar-refractivity contribution is 7.89. The number of aromatic nitrogens is 1. The van der Waals surface area contributed by atoms with Crippen molar-refractivity contribution in [2.75, 3.05) is 5.75 Å². The van der Waals surface area contributed by atoms with E-state index in [2.05, 4.69) is 0 Å². The number of sulfonamides is 1. The summed E-state index contributed by atoms with van der Waals surface area (Å²) >= 11 is 0. The second-order valence-electron chi connectivity index (χ2n) is 3.46. The molecule has 0 spiro atoms. The Morgan fingerprint density at radius 3 is 2.47 bits per heavy atom. The first-order chi connectivity index (χ1) is 6.85. The Hall–Kier alpha value is -1.14. The summed E-state index contributed by atoms with van der Waals surface area (Å²) in [6, 6.07) is 1.73. The molecule has 1 rings (SSSR count). The molecule has 0 aliphatic heterocycles. The number of nitrogens with two attached hydrogens (primary N) is 1. The van der Waals surface area contributed by atoms with Crippen LogP contribution >= 0.6 is 0 Å². The molecule has 1 aromatic rings. The van der Waals surface area contributed by atoms with Gasteiger partial charge in [0.1, 0.15) is 0 Å². The van der Waals surface area contributed by atoms with Gasteiger partial charge in [0.05, 0.1) is 5.75 Å². The summed E-state index contributed by atoms with van der Waals surface area (Å²) < 4.78 is 23.4. The second kappa shape index (κ2) is 4.16. The molecule has 0 aliphatic carbocycles. The maximum Gasteiger partial charge on any atom is 0.210 e. The van der Waals surface area contributed by atoms with E-state index in [0.29, 0.717) is 5.56 Å². The molecule has 0 radical (unpaired) electrons. The number of aryl methyl sites for hydroxylation is 1. The lowest BCUT2D eigenvalue weighted by Crippen LogP contribution is -2.21. The molecule has 1 aromatic heterocycles. The Bertz CT molecular complexity index is 474. The smallest absolute Gasteiger partial charge is 0.210 e. The summed E-state index contributed by atoms with van der Waals surface area (Å²) in [5, 5.41) is 4.91. The number of carbonyl (C=O) groups is 1. The van der Waals surface area contributed by atoms with Gasteiger partial charge in [-0.15, -0.1) is 0 Å². The lowest BCUT2D eigenvalue weighted by molar-refractivity contribution is 0.112. The summed E-state index contributed by atoms with van der Waals surface area (Å²) in [7, 11) is -3.46. The van der Waals surface area contributed by atoms with Gasteiger partial charge in [0.15, 0.2) is 6.29 Å². The summed E-state index contributed by atoms with van der Waals surface area (Å²) in [4.78, 5) is 10.6. The van der Waals surface area contributed by atoms with Crippen molar-refractivity contribution in [1.82, 2.24) is 4.57 Å². The number of hydrogen-bond acceptors (Lipinski definition) is 3. The molecular formula is C9H14N2O3S. The van der Waals surface area contributed by atoms with Crippen molar-refractivity contribution in [3.05, 3.63) is 23.0 Å². The molecule has 0 amide bonds. The van der Waals surface area contributed by atoms with Crippen molar-refractivity contribution in [3.8, 4) is 0 Å². The monoisotopic (exact) mass is 230 g/mol. The van der Waals surface area contributed by atoms with Crippen LogP contribution in [0.15, 0.2) is 6.07 Å². The van der Waals surface area contributed by atoms with E-state index in [1.54, 1.807) is 17.6 Å². The molecule has 0 bridgehead atoms. The van der Waals surface area contributed by atoms with Crippen LogP contribution in [0.5, 0.6) is 0 Å². The predicted molar refractivity (Wildman–Crippen MR) is 57.3 cm³/mol. The molecule has 84 valence electrons. The summed E-state index contributed by atoms with van der Waals surface area (Å²) in [5.74, 6) is -0.123. The average molecular weight is 230 g/mol. The van der Waals surface area contributed by atoms with Crippen LogP contribution in [-0.2, 0) is 16.6 Å². The maximum absolute atomic E-state index is 10.8. The van der Waals surface area contributed by atoms with Gasteiger partial charge in [-0.05, 0) is 19.9 Å². The van der Waals surface area contributed by atoms with E-state index in [4.69, 9.17) is 5.14 Å². The van der Waals surface area contributed by atoms with Gasteiger partial charge in [0.2, 0.25) is 10.0 Å². The quantitative estimate of drug-likeness (QED) is 0.750. The van der Waals surface area contributed by atoms with E-state index in [1.165, 1.54) is 0 Å². The zero-order valence-corrected chi connectivity index (χ0v) is 9.54. The molecule has 0 saturated carbocycles. The Morgan fingerprint density at radius 2 is 2.07 bits per heavy atom. The highest BCUT2D eigenvalue weighted by Gasteiger charge is 2.10. The maximum atomic E-state index is 10.8. The molecular weight excluding hydrogens is 216 g/mol. The van der Waals surface area contributed by atoms with Crippen LogP contribution in [0.3, 0.4) is 0 Å². The minimum atomic E-state index is -3.46. The molecule has 15 heavy (non-hydrogen) atoms. The van der Waals surface area contributed by atoms with Gasteiger partial charge in [0.25, 0.3) is 0 Å². The van der Waals surface area contributed by atoms with Gasteiger partial charge >= 0.3 is 0 Å². The van der Waals surface area contributed by atoms with E-state index >= 15 is 0 Å². The largest absolute Gasteiger partial charge is 0.347 e. The lowest BCUT2D eigenvalue weighted by atomic mass is 10.3. The third-order valence-corrected chi connectivity index (χ3v) is 3.09. The van der Waals surface area contributed by atoms with Crippen LogP contribution in [-0.4, -0.2) is 25.0 Å². The molecule has 5 nitrogen and oxygen atoms in total. The van der Waals surface area contributed by atoms with E-state index in [9.17, 15) is 13.2 Å². The van der Waals surface area contributed by atoms with Crippen LogP contribution in [0.1, 0.15) is 21.7 Å². The van der Waals surface area contributed by atoms with Crippen molar-refractivity contribution >= 4 is 16.3 Å². The Balaban J connectivity index is 2.95. The molecule has 0 atom stereocenters. The first kappa shape index (κ1) is 11.9. The fourth-order valence-corrected chi connectivity index (χ4v) is 1.95. The summed E-state index contributed by atoms with van der Waals surface area (Å²) in [6.45, 7) is 3.88. The van der Waals surface area contributed by atoms with Crippen molar-refractivity contribution in [3.63, 3.8) is 0 Å². The van der Waals surface area contributed by atoms with Crippen LogP contribution in [0.2, 0.25) is 0 Å². The van der Waals surface area contributed by atoms with E-state index < -0.39 is 10.0 Å². The van der Waals surface area contributed by atoms with E-state index in [-0.39, 0.29) is 12.3 Å². The van der Waals surface area contributed by atoms with Gasteiger partial charge in [-0.25, -0.2) is 13.6 Å². The van der Waals surface area contributed by atoms with E-state index in [1.807, 2.05) is 6.92 Å². The van der Waals surface area contributed by atoms with Crippen molar-refractivity contribution < 1.29 is 13.2 Å².